The molecule has 0 N–H and O–H groups in total. The molecule has 0 aliphatic heterocycles. The number of ether oxygens (including phenoxy) is 8. The number of rotatable bonds is 26. The number of esters is 1. The SMILES string of the molecule is CCCCOCCOCCOCCOC(=O)c1ccc(OCCOCCOCCOCCCC)cc1. The summed E-state index contributed by atoms with van der Waals surface area (Å²) in [6.07, 6.45) is 4.42. The lowest BCUT2D eigenvalue weighted by Gasteiger charge is -2.09. The molecule has 0 aliphatic rings. The second-order valence-electron chi connectivity index (χ2n) is 7.89. The van der Waals surface area contributed by atoms with Crippen molar-refractivity contribution < 1.29 is 42.7 Å². The third-order valence-corrected chi connectivity index (χ3v) is 4.82. The highest BCUT2D eigenvalue weighted by Gasteiger charge is 2.07. The standard InChI is InChI=1S/C27H46O9/c1-3-5-11-29-13-15-31-17-19-33-21-23-35-26-9-7-25(8-10-26)27(28)36-24-22-34-20-18-32-16-14-30-12-6-4-2/h7-10H,3-6,11-24H2,1-2H3. The summed E-state index contributed by atoms with van der Waals surface area (Å²) in [4.78, 5) is 12.1. The van der Waals surface area contributed by atoms with Gasteiger partial charge in [0.2, 0.25) is 0 Å². The first-order valence-electron chi connectivity index (χ1n) is 13.1. The highest BCUT2D eigenvalue weighted by molar-refractivity contribution is 5.89. The van der Waals surface area contributed by atoms with Gasteiger partial charge in [-0.3, -0.25) is 0 Å². The predicted molar refractivity (Wildman–Crippen MR) is 137 cm³/mol. The Labute approximate surface area is 216 Å². The summed E-state index contributed by atoms with van der Waals surface area (Å²) in [6, 6.07) is 6.81. The average molecular weight is 515 g/mol. The van der Waals surface area contributed by atoms with Crippen LogP contribution < -0.4 is 4.74 Å². The molecule has 1 rings (SSSR count). The van der Waals surface area contributed by atoms with Gasteiger partial charge in [-0.25, -0.2) is 4.79 Å². The van der Waals surface area contributed by atoms with E-state index in [9.17, 15) is 4.79 Å². The minimum atomic E-state index is -0.398. The van der Waals surface area contributed by atoms with Gasteiger partial charge in [0.1, 0.15) is 19.0 Å². The van der Waals surface area contributed by atoms with Crippen LogP contribution in [-0.4, -0.2) is 98.5 Å². The van der Waals surface area contributed by atoms with Crippen molar-refractivity contribution in [1.29, 1.82) is 0 Å². The Hall–Kier alpha value is -1.75. The van der Waals surface area contributed by atoms with E-state index in [1.807, 2.05) is 0 Å². The van der Waals surface area contributed by atoms with Crippen LogP contribution in [-0.2, 0) is 33.2 Å². The van der Waals surface area contributed by atoms with Crippen molar-refractivity contribution in [2.45, 2.75) is 39.5 Å². The van der Waals surface area contributed by atoms with Crippen LogP contribution in [0.2, 0.25) is 0 Å². The molecule has 0 aliphatic carbocycles. The molecular weight excluding hydrogens is 468 g/mol. The normalized spacial score (nSPS) is 11.1. The smallest absolute Gasteiger partial charge is 0.338 e. The zero-order valence-electron chi connectivity index (χ0n) is 22.2. The van der Waals surface area contributed by atoms with Crippen molar-refractivity contribution in [3.8, 4) is 5.75 Å². The fourth-order valence-corrected chi connectivity index (χ4v) is 2.76. The molecule has 0 atom stereocenters. The van der Waals surface area contributed by atoms with Gasteiger partial charge >= 0.3 is 5.97 Å². The van der Waals surface area contributed by atoms with Gasteiger partial charge in [0.25, 0.3) is 0 Å². The summed E-state index contributed by atoms with van der Waals surface area (Å²) >= 11 is 0. The van der Waals surface area contributed by atoms with Crippen molar-refractivity contribution >= 4 is 5.97 Å². The van der Waals surface area contributed by atoms with Crippen molar-refractivity contribution in [2.24, 2.45) is 0 Å². The number of carbonyl (C=O) groups excluding carboxylic acids is 1. The molecule has 0 radical (unpaired) electrons. The summed E-state index contributed by atoms with van der Waals surface area (Å²) in [5.41, 5.74) is 0.459. The highest BCUT2D eigenvalue weighted by Crippen LogP contribution is 2.13. The van der Waals surface area contributed by atoms with Crippen molar-refractivity contribution in [3.05, 3.63) is 29.8 Å². The Morgan fingerprint density at radius 3 is 1.36 bits per heavy atom. The lowest BCUT2D eigenvalue weighted by atomic mass is 10.2. The number of benzene rings is 1. The zero-order valence-corrected chi connectivity index (χ0v) is 22.2. The molecule has 9 nitrogen and oxygen atoms in total. The molecule has 9 heteroatoms. The lowest BCUT2D eigenvalue weighted by molar-refractivity contribution is 0.000284. The van der Waals surface area contributed by atoms with Crippen LogP contribution in [0.5, 0.6) is 5.75 Å². The molecule has 0 amide bonds. The molecule has 1 aromatic rings. The Balaban J connectivity index is 1.94. The van der Waals surface area contributed by atoms with Gasteiger partial charge < -0.3 is 37.9 Å². The molecule has 208 valence electrons. The van der Waals surface area contributed by atoms with E-state index in [1.54, 1.807) is 24.3 Å². The average Bonchev–Trinajstić information content (AvgIpc) is 2.90. The number of unbranched alkanes of at least 4 members (excludes halogenated alkanes) is 2. The van der Waals surface area contributed by atoms with Crippen LogP contribution in [0.4, 0.5) is 0 Å². The molecule has 0 aromatic heterocycles. The Morgan fingerprint density at radius 2 is 0.917 bits per heavy atom. The van der Waals surface area contributed by atoms with Crippen molar-refractivity contribution in [2.75, 3.05) is 92.5 Å². The lowest BCUT2D eigenvalue weighted by Crippen LogP contribution is -2.14. The minimum absolute atomic E-state index is 0.185. The fraction of sp³-hybridized carbons (Fsp3) is 0.741. The third-order valence-electron chi connectivity index (χ3n) is 4.82. The predicted octanol–water partition coefficient (Wildman–Crippen LogP) is 3.92. The van der Waals surface area contributed by atoms with Gasteiger partial charge in [-0.1, -0.05) is 26.7 Å². The van der Waals surface area contributed by atoms with Gasteiger partial charge in [0.05, 0.1) is 71.6 Å². The summed E-state index contributed by atoms with van der Waals surface area (Å²) in [5, 5.41) is 0. The van der Waals surface area contributed by atoms with E-state index < -0.39 is 5.97 Å². The van der Waals surface area contributed by atoms with Crippen LogP contribution in [0.15, 0.2) is 24.3 Å². The largest absolute Gasteiger partial charge is 0.491 e. The van der Waals surface area contributed by atoms with Crippen LogP contribution in [0.25, 0.3) is 0 Å². The second kappa shape index (κ2) is 24.9. The van der Waals surface area contributed by atoms with E-state index >= 15 is 0 Å². The van der Waals surface area contributed by atoms with E-state index in [0.717, 1.165) is 38.9 Å². The van der Waals surface area contributed by atoms with Crippen molar-refractivity contribution in [3.63, 3.8) is 0 Å². The minimum Gasteiger partial charge on any atom is -0.491 e. The molecule has 0 fully saturated rings. The van der Waals surface area contributed by atoms with Gasteiger partial charge in [-0.2, -0.15) is 0 Å². The van der Waals surface area contributed by atoms with Crippen molar-refractivity contribution in [1.82, 2.24) is 0 Å². The van der Waals surface area contributed by atoms with Crippen LogP contribution in [0.3, 0.4) is 0 Å². The monoisotopic (exact) mass is 514 g/mol. The summed E-state index contributed by atoms with van der Waals surface area (Å²) < 4.78 is 43.4. The molecule has 0 spiro atoms. The first-order chi connectivity index (χ1) is 17.8. The zero-order chi connectivity index (χ0) is 25.9. The molecule has 0 bridgehead atoms. The van der Waals surface area contributed by atoms with Crippen LogP contribution in [0, 0.1) is 0 Å². The molecule has 0 unspecified atom stereocenters. The maximum Gasteiger partial charge on any atom is 0.338 e. The fourth-order valence-electron chi connectivity index (χ4n) is 2.76. The first-order valence-corrected chi connectivity index (χ1v) is 13.1. The molecule has 0 saturated heterocycles. The van der Waals surface area contributed by atoms with E-state index in [1.165, 1.54) is 0 Å². The van der Waals surface area contributed by atoms with Gasteiger partial charge in [-0.05, 0) is 37.1 Å². The molecule has 1 aromatic carbocycles. The second-order valence-corrected chi connectivity index (χ2v) is 7.89. The number of hydrogen-bond donors (Lipinski definition) is 0. The molecular formula is C27H46O9. The van der Waals surface area contributed by atoms with E-state index in [-0.39, 0.29) is 6.61 Å². The summed E-state index contributed by atoms with van der Waals surface area (Å²) in [5.74, 6) is 0.263. The summed E-state index contributed by atoms with van der Waals surface area (Å²) in [6.45, 7) is 11.5. The number of carbonyl (C=O) groups is 1. The summed E-state index contributed by atoms with van der Waals surface area (Å²) in [7, 11) is 0. The Morgan fingerprint density at radius 1 is 0.528 bits per heavy atom. The van der Waals surface area contributed by atoms with Gasteiger partial charge in [0, 0.05) is 13.2 Å². The topological polar surface area (TPSA) is 90.9 Å². The quantitative estimate of drug-likeness (QED) is 0.135. The van der Waals surface area contributed by atoms with Gasteiger partial charge in [0.15, 0.2) is 0 Å². The van der Waals surface area contributed by atoms with E-state index in [4.69, 9.17) is 37.9 Å². The molecule has 36 heavy (non-hydrogen) atoms. The third kappa shape index (κ3) is 19.4. The van der Waals surface area contributed by atoms with E-state index in [0.29, 0.717) is 84.0 Å². The molecule has 0 saturated carbocycles. The van der Waals surface area contributed by atoms with E-state index in [2.05, 4.69) is 13.8 Å². The Kier molecular flexibility index (Phi) is 22.3. The first kappa shape index (κ1) is 32.3. The van der Waals surface area contributed by atoms with Crippen LogP contribution >= 0.6 is 0 Å². The highest BCUT2D eigenvalue weighted by atomic mass is 16.6. The number of hydrogen-bond acceptors (Lipinski definition) is 9. The van der Waals surface area contributed by atoms with Gasteiger partial charge in [-0.15, -0.1) is 0 Å². The Bertz CT molecular complexity index is 610. The maximum absolute atomic E-state index is 12.1. The van der Waals surface area contributed by atoms with Crippen LogP contribution in [0.1, 0.15) is 49.9 Å². The molecule has 0 heterocycles. The maximum atomic E-state index is 12.1.